The molecule has 2 aromatic carbocycles. The Labute approximate surface area is 182 Å². The minimum atomic E-state index is -0.496. The first-order chi connectivity index (χ1) is 15.0. The highest BCUT2D eigenvalue weighted by molar-refractivity contribution is 5.92. The topological polar surface area (TPSA) is 46.6 Å². The first-order valence-corrected chi connectivity index (χ1v) is 10.9. The molecule has 0 spiro atoms. The van der Waals surface area contributed by atoms with Gasteiger partial charge in [-0.2, -0.15) is 0 Å². The zero-order valence-electron chi connectivity index (χ0n) is 18.0. The van der Waals surface area contributed by atoms with Crippen LogP contribution < -0.4 is 4.74 Å². The molecule has 0 saturated heterocycles. The van der Waals surface area contributed by atoms with Crippen molar-refractivity contribution in [1.29, 1.82) is 0 Å². The Morgan fingerprint density at radius 2 is 1.77 bits per heavy atom. The zero-order valence-corrected chi connectivity index (χ0v) is 18.0. The molecule has 5 heteroatoms. The lowest BCUT2D eigenvalue weighted by Crippen LogP contribution is -2.48. The van der Waals surface area contributed by atoms with Gasteiger partial charge in [0.05, 0.1) is 13.2 Å². The number of halogens is 1. The summed E-state index contributed by atoms with van der Waals surface area (Å²) in [7, 11) is 1.62. The molecule has 2 aromatic rings. The number of hydrogen-bond donors (Lipinski definition) is 0. The molecule has 0 N–H and O–H groups in total. The van der Waals surface area contributed by atoms with Crippen LogP contribution in [0.25, 0.3) is 0 Å². The number of ether oxygens (including phenoxy) is 1. The Bertz CT molecular complexity index is 963. The monoisotopic (exact) mass is 421 g/mol. The fourth-order valence-electron chi connectivity index (χ4n) is 4.37. The van der Waals surface area contributed by atoms with Crippen molar-refractivity contribution in [2.45, 2.75) is 38.1 Å². The highest BCUT2D eigenvalue weighted by Gasteiger charge is 2.40. The van der Waals surface area contributed by atoms with Crippen LogP contribution in [-0.4, -0.2) is 36.3 Å². The molecule has 3 atom stereocenters. The summed E-state index contributed by atoms with van der Waals surface area (Å²) in [6.45, 7) is 2.28. The number of Topliss-reactive ketones (excluding diaryl/α,β-unsaturated/α-hetero) is 1. The Kier molecular flexibility index (Phi) is 6.21. The summed E-state index contributed by atoms with van der Waals surface area (Å²) in [4.78, 5) is 28.2. The van der Waals surface area contributed by atoms with Crippen LogP contribution in [0.4, 0.5) is 4.39 Å². The molecule has 0 bridgehead atoms. The van der Waals surface area contributed by atoms with E-state index < -0.39 is 6.04 Å². The second-order valence-electron chi connectivity index (χ2n) is 8.51. The number of carbonyl (C=O) groups is 2. The van der Waals surface area contributed by atoms with Crippen LogP contribution in [0.3, 0.4) is 0 Å². The van der Waals surface area contributed by atoms with Gasteiger partial charge in [-0.3, -0.25) is 9.59 Å². The van der Waals surface area contributed by atoms with Gasteiger partial charge in [-0.15, -0.1) is 0 Å². The molecule has 2 aliphatic rings. The van der Waals surface area contributed by atoms with Gasteiger partial charge in [0.25, 0.3) is 0 Å². The van der Waals surface area contributed by atoms with Gasteiger partial charge in [0.15, 0.2) is 5.78 Å². The third-order valence-electron chi connectivity index (χ3n) is 6.40. The number of carbonyl (C=O) groups excluding carboxylic acids is 2. The smallest absolute Gasteiger partial charge is 0.226 e. The van der Waals surface area contributed by atoms with Gasteiger partial charge >= 0.3 is 0 Å². The number of rotatable bonds is 5. The summed E-state index contributed by atoms with van der Waals surface area (Å²) < 4.78 is 18.7. The lowest BCUT2D eigenvalue weighted by molar-refractivity contribution is -0.141. The van der Waals surface area contributed by atoms with Crippen LogP contribution in [0.15, 0.2) is 60.7 Å². The van der Waals surface area contributed by atoms with Crippen LogP contribution in [0.2, 0.25) is 0 Å². The van der Waals surface area contributed by atoms with Crippen LogP contribution >= 0.6 is 0 Å². The highest BCUT2D eigenvalue weighted by Crippen LogP contribution is 2.36. The van der Waals surface area contributed by atoms with Crippen molar-refractivity contribution in [2.75, 3.05) is 13.7 Å². The fraction of sp³-hybridized carbons (Fsp3) is 0.385. The number of allylic oxidation sites excluding steroid dienone is 1. The number of methoxy groups -OCH3 is 1. The molecule has 0 aromatic heterocycles. The number of amides is 1. The molecule has 1 heterocycles. The predicted molar refractivity (Wildman–Crippen MR) is 117 cm³/mol. The molecule has 1 amide bonds. The molecule has 0 unspecified atom stereocenters. The number of hydrogen-bond acceptors (Lipinski definition) is 3. The Morgan fingerprint density at radius 1 is 1.10 bits per heavy atom. The normalized spacial score (nSPS) is 24.9. The van der Waals surface area contributed by atoms with Crippen molar-refractivity contribution < 1.29 is 18.7 Å². The van der Waals surface area contributed by atoms with Crippen molar-refractivity contribution in [2.24, 2.45) is 11.8 Å². The molecular weight excluding hydrogens is 393 g/mol. The molecule has 4 nitrogen and oxygen atoms in total. The molecule has 162 valence electrons. The molecule has 1 fully saturated rings. The minimum Gasteiger partial charge on any atom is -0.497 e. The van der Waals surface area contributed by atoms with E-state index in [4.69, 9.17) is 4.74 Å². The van der Waals surface area contributed by atoms with Crippen molar-refractivity contribution in [1.82, 2.24) is 4.90 Å². The van der Waals surface area contributed by atoms with E-state index in [0.29, 0.717) is 13.0 Å². The number of ketones is 1. The van der Waals surface area contributed by atoms with Crippen molar-refractivity contribution in [3.8, 4) is 5.75 Å². The predicted octanol–water partition coefficient (Wildman–Crippen LogP) is 4.54. The summed E-state index contributed by atoms with van der Waals surface area (Å²) in [5, 5.41) is 0. The van der Waals surface area contributed by atoms with Crippen molar-refractivity contribution in [3.63, 3.8) is 0 Å². The lowest BCUT2D eigenvalue weighted by atomic mass is 9.76. The largest absolute Gasteiger partial charge is 0.497 e. The van der Waals surface area contributed by atoms with E-state index in [-0.39, 0.29) is 35.3 Å². The van der Waals surface area contributed by atoms with Crippen LogP contribution in [-0.2, 0) is 16.0 Å². The lowest BCUT2D eigenvalue weighted by Gasteiger charge is -2.35. The first kappa shape index (κ1) is 21.3. The van der Waals surface area contributed by atoms with Crippen molar-refractivity contribution in [3.05, 3.63) is 77.6 Å². The van der Waals surface area contributed by atoms with E-state index >= 15 is 0 Å². The van der Waals surface area contributed by atoms with E-state index in [1.165, 1.54) is 12.1 Å². The third kappa shape index (κ3) is 4.71. The van der Waals surface area contributed by atoms with Gasteiger partial charge in [-0.25, -0.2) is 4.39 Å². The molecule has 4 rings (SSSR count). The van der Waals surface area contributed by atoms with E-state index in [2.05, 4.69) is 0 Å². The summed E-state index contributed by atoms with van der Waals surface area (Å²) in [5.74, 6) is 0.154. The van der Waals surface area contributed by atoms with E-state index in [1.807, 2.05) is 43.3 Å². The molecule has 0 radical (unpaired) electrons. The van der Waals surface area contributed by atoms with Gasteiger partial charge in [-0.1, -0.05) is 36.4 Å². The van der Waals surface area contributed by atoms with Gasteiger partial charge in [0.2, 0.25) is 5.91 Å². The second kappa shape index (κ2) is 9.04. The summed E-state index contributed by atoms with van der Waals surface area (Å²) in [6, 6.07) is 13.6. The zero-order chi connectivity index (χ0) is 22.0. The quantitative estimate of drug-likeness (QED) is 0.666. The molecule has 31 heavy (non-hydrogen) atoms. The van der Waals surface area contributed by atoms with E-state index in [9.17, 15) is 14.0 Å². The third-order valence-corrected chi connectivity index (χ3v) is 6.40. The van der Waals surface area contributed by atoms with Gasteiger partial charge in [-0.05, 0) is 61.6 Å². The number of benzene rings is 2. The maximum atomic E-state index is 13.7. The first-order valence-electron chi connectivity index (χ1n) is 10.9. The Morgan fingerprint density at radius 3 is 2.39 bits per heavy atom. The SMILES string of the molecule is COc1ccc([C@@H]2/C=C\CN(C(=O)C3CC3)[C@@H](C)C(=O)[C@H]2Cc2ccc(F)cc2)cc1. The average Bonchev–Trinajstić information content (AvgIpc) is 3.63. The molecule has 1 aliphatic carbocycles. The van der Waals surface area contributed by atoms with Crippen LogP contribution in [0.5, 0.6) is 5.75 Å². The number of nitrogens with zero attached hydrogens (tertiary/aromatic N) is 1. The highest BCUT2D eigenvalue weighted by atomic mass is 19.1. The van der Waals surface area contributed by atoms with Gasteiger partial charge < -0.3 is 9.64 Å². The Hall–Kier alpha value is -2.95. The average molecular weight is 422 g/mol. The summed E-state index contributed by atoms with van der Waals surface area (Å²) >= 11 is 0. The maximum absolute atomic E-state index is 13.7. The van der Waals surface area contributed by atoms with Crippen LogP contribution in [0.1, 0.15) is 36.8 Å². The maximum Gasteiger partial charge on any atom is 0.226 e. The summed E-state index contributed by atoms with van der Waals surface area (Å²) in [5.41, 5.74) is 1.92. The van der Waals surface area contributed by atoms with E-state index in [0.717, 1.165) is 29.7 Å². The van der Waals surface area contributed by atoms with Crippen molar-refractivity contribution >= 4 is 11.7 Å². The van der Waals surface area contributed by atoms with Gasteiger partial charge in [0.1, 0.15) is 11.6 Å². The Balaban J connectivity index is 1.69. The molecule has 1 aliphatic heterocycles. The summed E-state index contributed by atoms with van der Waals surface area (Å²) in [6.07, 6.45) is 6.36. The second-order valence-corrected chi connectivity index (χ2v) is 8.51. The van der Waals surface area contributed by atoms with E-state index in [1.54, 1.807) is 24.1 Å². The van der Waals surface area contributed by atoms with Gasteiger partial charge in [0, 0.05) is 24.3 Å². The fourth-order valence-corrected chi connectivity index (χ4v) is 4.37. The molecular formula is C26H28FNO3. The van der Waals surface area contributed by atoms with Crippen LogP contribution in [0, 0.1) is 17.7 Å². The molecule has 1 saturated carbocycles. The minimum absolute atomic E-state index is 0.0449. The standard InChI is InChI=1S/C26H28FNO3/c1-17-25(29)24(16-18-5-11-21(27)12-6-18)23(19-9-13-22(31-2)14-10-19)4-3-15-28(17)26(30)20-7-8-20/h3-6,9-14,17,20,23-24H,7-8,15-16H2,1-2H3/b4-3-/t17-,23-,24-/m0/s1.